The summed E-state index contributed by atoms with van der Waals surface area (Å²) in [6, 6.07) is 0. The van der Waals surface area contributed by atoms with Crippen LogP contribution in [0.1, 0.15) is 13.3 Å². The van der Waals surface area contributed by atoms with Crippen LogP contribution in [0.3, 0.4) is 0 Å². The molecule has 1 fully saturated rings. The number of terminal acetylenes is 1. The number of hydrogen-bond acceptors (Lipinski definition) is 3. The van der Waals surface area contributed by atoms with Crippen molar-refractivity contribution in [1.82, 2.24) is 0 Å². The van der Waals surface area contributed by atoms with Gasteiger partial charge in [0.15, 0.2) is 0 Å². The molecule has 0 amide bonds. The zero-order valence-corrected chi connectivity index (χ0v) is 8.68. The Morgan fingerprint density at radius 1 is 1.71 bits per heavy atom. The van der Waals surface area contributed by atoms with Crippen molar-refractivity contribution in [2.75, 3.05) is 6.61 Å². The predicted octanol–water partition coefficient (Wildman–Crippen LogP) is 0.522. The highest BCUT2D eigenvalue weighted by Gasteiger charge is 2.32. The molecule has 14 heavy (non-hydrogen) atoms. The Kier molecular flexibility index (Phi) is 3.71. The summed E-state index contributed by atoms with van der Waals surface area (Å²) in [5.41, 5.74) is 0. The molecule has 0 aliphatic carbocycles. The Hall–Kier alpha value is -0.370. The highest BCUT2D eigenvalue weighted by Crippen LogP contribution is 2.37. The van der Waals surface area contributed by atoms with Crippen molar-refractivity contribution >= 4 is 7.82 Å². The van der Waals surface area contributed by atoms with Crippen LogP contribution in [0.15, 0.2) is 0 Å². The monoisotopic (exact) mass is 220 g/mol. The van der Waals surface area contributed by atoms with Crippen LogP contribution in [-0.4, -0.2) is 28.6 Å². The van der Waals surface area contributed by atoms with Gasteiger partial charge < -0.3 is 14.5 Å². The second-order valence-electron chi connectivity index (χ2n) is 3.26. The fourth-order valence-corrected chi connectivity index (χ4v) is 1.78. The molecule has 1 heterocycles. The van der Waals surface area contributed by atoms with Gasteiger partial charge in [-0.25, -0.2) is 4.57 Å². The maximum absolute atomic E-state index is 10.4. The standard InChI is InChI=1S/C8H13O5P/c1-3-7-4-8(13-6(7)2)5-12-14(9,10)11/h1,6-8H,4-5H2,2H3,(H2,9,10,11)/t6-,7+,8-/m0/s1. The lowest BCUT2D eigenvalue weighted by Crippen LogP contribution is -2.14. The second kappa shape index (κ2) is 4.43. The molecule has 0 bridgehead atoms. The molecule has 3 atom stereocenters. The minimum atomic E-state index is -4.40. The number of hydrogen-bond donors (Lipinski definition) is 2. The van der Waals surface area contributed by atoms with Gasteiger partial charge in [0.05, 0.1) is 18.8 Å². The maximum Gasteiger partial charge on any atom is 0.469 e. The molecule has 1 aliphatic heterocycles. The van der Waals surface area contributed by atoms with E-state index in [1.807, 2.05) is 6.92 Å². The van der Waals surface area contributed by atoms with Gasteiger partial charge in [-0.05, 0) is 13.3 Å². The molecule has 0 spiro atoms. The quantitative estimate of drug-likeness (QED) is 0.535. The Labute approximate surface area is 82.7 Å². The lowest BCUT2D eigenvalue weighted by Gasteiger charge is -2.11. The van der Waals surface area contributed by atoms with Crippen LogP contribution in [0.4, 0.5) is 0 Å². The molecule has 0 radical (unpaired) electrons. The smallest absolute Gasteiger partial charge is 0.372 e. The van der Waals surface area contributed by atoms with Crippen molar-refractivity contribution in [3.8, 4) is 12.3 Å². The Morgan fingerprint density at radius 3 is 2.79 bits per heavy atom. The van der Waals surface area contributed by atoms with Gasteiger partial charge in [0.2, 0.25) is 0 Å². The predicted molar refractivity (Wildman–Crippen MR) is 49.3 cm³/mol. The molecule has 0 saturated carbocycles. The highest BCUT2D eigenvalue weighted by molar-refractivity contribution is 7.46. The largest absolute Gasteiger partial charge is 0.469 e. The summed E-state index contributed by atoms with van der Waals surface area (Å²) in [4.78, 5) is 16.9. The van der Waals surface area contributed by atoms with E-state index in [0.29, 0.717) is 6.42 Å². The van der Waals surface area contributed by atoms with Crippen LogP contribution in [0.5, 0.6) is 0 Å². The van der Waals surface area contributed by atoms with Crippen LogP contribution in [0.25, 0.3) is 0 Å². The van der Waals surface area contributed by atoms with Crippen LogP contribution >= 0.6 is 7.82 Å². The molecule has 0 aromatic rings. The third-order valence-corrected chi connectivity index (χ3v) is 2.62. The normalized spacial score (nSPS) is 32.9. The van der Waals surface area contributed by atoms with Gasteiger partial charge in [-0.15, -0.1) is 12.3 Å². The van der Waals surface area contributed by atoms with E-state index >= 15 is 0 Å². The Balaban J connectivity index is 2.37. The van der Waals surface area contributed by atoms with Crippen LogP contribution in [0.2, 0.25) is 0 Å². The van der Waals surface area contributed by atoms with E-state index in [-0.39, 0.29) is 24.7 Å². The van der Waals surface area contributed by atoms with E-state index in [2.05, 4.69) is 10.4 Å². The number of phosphoric acid groups is 1. The van der Waals surface area contributed by atoms with Crippen LogP contribution in [0, 0.1) is 18.3 Å². The number of rotatable bonds is 3. The van der Waals surface area contributed by atoms with Crippen molar-refractivity contribution in [1.29, 1.82) is 0 Å². The molecule has 5 nitrogen and oxygen atoms in total. The summed E-state index contributed by atoms with van der Waals surface area (Å²) in [5.74, 6) is 2.57. The van der Waals surface area contributed by atoms with E-state index in [4.69, 9.17) is 20.9 Å². The summed E-state index contributed by atoms with van der Waals surface area (Å²) >= 11 is 0. The van der Waals surface area contributed by atoms with E-state index < -0.39 is 7.82 Å². The zero-order chi connectivity index (χ0) is 10.8. The van der Waals surface area contributed by atoms with Crippen molar-refractivity contribution in [3.63, 3.8) is 0 Å². The Morgan fingerprint density at radius 2 is 2.36 bits per heavy atom. The third kappa shape index (κ3) is 3.41. The summed E-state index contributed by atoms with van der Waals surface area (Å²) in [6.07, 6.45) is 5.43. The molecule has 2 N–H and O–H groups in total. The molecule has 1 rings (SSSR count). The lowest BCUT2D eigenvalue weighted by atomic mass is 10.0. The second-order valence-corrected chi connectivity index (χ2v) is 4.50. The average Bonchev–Trinajstić information content (AvgIpc) is 2.42. The van der Waals surface area contributed by atoms with Gasteiger partial charge in [0.1, 0.15) is 0 Å². The van der Waals surface area contributed by atoms with Gasteiger partial charge in [-0.3, -0.25) is 4.52 Å². The first kappa shape index (κ1) is 11.7. The summed E-state index contributed by atoms with van der Waals surface area (Å²) in [5, 5.41) is 0. The van der Waals surface area contributed by atoms with Gasteiger partial charge in [-0.2, -0.15) is 0 Å². The van der Waals surface area contributed by atoms with E-state index in [0.717, 1.165) is 0 Å². The summed E-state index contributed by atoms with van der Waals surface area (Å²) in [7, 11) is -4.40. The summed E-state index contributed by atoms with van der Waals surface area (Å²) in [6.45, 7) is 1.72. The molecule has 6 heteroatoms. The van der Waals surface area contributed by atoms with Gasteiger partial charge in [0, 0.05) is 5.92 Å². The van der Waals surface area contributed by atoms with Crippen molar-refractivity contribution in [3.05, 3.63) is 0 Å². The molecular weight excluding hydrogens is 207 g/mol. The van der Waals surface area contributed by atoms with Gasteiger partial charge in [-0.1, -0.05) is 0 Å². The molecule has 0 unspecified atom stereocenters. The van der Waals surface area contributed by atoms with E-state index in [1.165, 1.54) is 0 Å². The molecule has 1 saturated heterocycles. The van der Waals surface area contributed by atoms with Crippen LogP contribution in [-0.2, 0) is 13.8 Å². The third-order valence-electron chi connectivity index (χ3n) is 2.13. The first-order valence-corrected chi connectivity index (χ1v) is 5.77. The Bertz CT molecular complexity index is 278. The van der Waals surface area contributed by atoms with E-state index in [9.17, 15) is 4.57 Å². The SMILES string of the molecule is C#C[C@@H]1C[C@@H](COP(=O)(O)O)O[C@H]1C. The minimum absolute atomic E-state index is 0.000344. The molecule has 0 aromatic carbocycles. The minimum Gasteiger partial charge on any atom is -0.372 e. The molecular formula is C8H13O5P. The number of phosphoric ester groups is 1. The highest BCUT2D eigenvalue weighted by atomic mass is 31.2. The average molecular weight is 220 g/mol. The molecule has 0 aromatic heterocycles. The summed E-state index contributed by atoms with van der Waals surface area (Å²) < 4.78 is 20.1. The van der Waals surface area contributed by atoms with Crippen LogP contribution < -0.4 is 0 Å². The van der Waals surface area contributed by atoms with Crippen molar-refractivity contribution in [2.45, 2.75) is 25.6 Å². The zero-order valence-electron chi connectivity index (χ0n) is 7.79. The van der Waals surface area contributed by atoms with Crippen molar-refractivity contribution in [2.24, 2.45) is 5.92 Å². The maximum atomic E-state index is 10.4. The lowest BCUT2D eigenvalue weighted by molar-refractivity contribution is 0.0157. The number of ether oxygens (including phenoxy) is 1. The molecule has 1 aliphatic rings. The van der Waals surface area contributed by atoms with Gasteiger partial charge >= 0.3 is 7.82 Å². The fourth-order valence-electron chi connectivity index (χ4n) is 1.42. The van der Waals surface area contributed by atoms with Gasteiger partial charge in [0.25, 0.3) is 0 Å². The van der Waals surface area contributed by atoms with Crippen molar-refractivity contribution < 1.29 is 23.6 Å². The topological polar surface area (TPSA) is 76.0 Å². The first-order valence-electron chi connectivity index (χ1n) is 4.24. The first-order chi connectivity index (χ1) is 6.42. The molecule has 80 valence electrons. The fraction of sp³-hybridized carbons (Fsp3) is 0.750. The van der Waals surface area contributed by atoms with E-state index in [1.54, 1.807) is 0 Å².